The molecule has 0 aliphatic rings. The molecule has 0 amide bonds. The fourth-order valence-corrected chi connectivity index (χ4v) is 3.80. The summed E-state index contributed by atoms with van der Waals surface area (Å²) in [6.45, 7) is 3.04. The standard InChI is InChI=1S/C18H20N6O3S/c1-3-15-19-14(22-27-15)11-28-18-21-20-17-23(9-6-10-26-2)16(25)12-7-4-5-8-13(12)24(17)18/h4-5,7-8H,3,6,9-11H2,1-2H3. The lowest BCUT2D eigenvalue weighted by molar-refractivity contribution is 0.190. The molecule has 0 N–H and O–H groups in total. The van der Waals surface area contributed by atoms with Crippen LogP contribution in [0.3, 0.4) is 0 Å². The third-order valence-electron chi connectivity index (χ3n) is 4.35. The number of para-hydroxylation sites is 1. The molecule has 0 atom stereocenters. The molecular weight excluding hydrogens is 380 g/mol. The van der Waals surface area contributed by atoms with Crippen molar-refractivity contribution in [1.82, 2.24) is 29.3 Å². The number of aromatic nitrogens is 6. The third-order valence-corrected chi connectivity index (χ3v) is 5.28. The molecule has 0 radical (unpaired) electrons. The van der Waals surface area contributed by atoms with Crippen molar-refractivity contribution in [2.45, 2.75) is 37.2 Å². The lowest BCUT2D eigenvalue weighted by Crippen LogP contribution is -2.24. The number of hydrogen-bond donors (Lipinski definition) is 0. The maximum absolute atomic E-state index is 13.0. The normalized spacial score (nSPS) is 11.6. The molecular formula is C18H20N6O3S. The van der Waals surface area contributed by atoms with Crippen molar-refractivity contribution in [3.05, 3.63) is 46.3 Å². The van der Waals surface area contributed by atoms with Gasteiger partial charge in [-0.2, -0.15) is 4.98 Å². The number of benzene rings is 1. The molecule has 0 spiro atoms. The first kappa shape index (κ1) is 18.6. The van der Waals surface area contributed by atoms with Gasteiger partial charge in [0.05, 0.1) is 16.7 Å². The van der Waals surface area contributed by atoms with Gasteiger partial charge in [0.2, 0.25) is 11.7 Å². The summed E-state index contributed by atoms with van der Waals surface area (Å²) < 4.78 is 13.8. The van der Waals surface area contributed by atoms with Crippen LogP contribution in [-0.2, 0) is 23.5 Å². The third kappa shape index (κ3) is 3.40. The van der Waals surface area contributed by atoms with Crippen molar-refractivity contribution in [2.24, 2.45) is 0 Å². The average Bonchev–Trinajstić information content (AvgIpc) is 3.36. The molecule has 3 aromatic heterocycles. The molecule has 10 heteroatoms. The first-order chi connectivity index (χ1) is 13.7. The van der Waals surface area contributed by atoms with Crippen LogP contribution in [0, 0.1) is 0 Å². The smallest absolute Gasteiger partial charge is 0.262 e. The zero-order valence-corrected chi connectivity index (χ0v) is 16.5. The van der Waals surface area contributed by atoms with Gasteiger partial charge in [-0.15, -0.1) is 10.2 Å². The molecule has 3 heterocycles. The van der Waals surface area contributed by atoms with Gasteiger partial charge in [0.25, 0.3) is 5.56 Å². The van der Waals surface area contributed by atoms with Crippen LogP contribution in [0.5, 0.6) is 0 Å². The number of ether oxygens (including phenoxy) is 1. The molecule has 0 unspecified atom stereocenters. The maximum Gasteiger partial charge on any atom is 0.262 e. The van der Waals surface area contributed by atoms with Crippen molar-refractivity contribution in [3.8, 4) is 0 Å². The summed E-state index contributed by atoms with van der Waals surface area (Å²) in [4.78, 5) is 17.3. The average molecular weight is 400 g/mol. The number of rotatable bonds is 8. The van der Waals surface area contributed by atoms with Gasteiger partial charge in [-0.3, -0.25) is 13.8 Å². The predicted octanol–water partition coefficient (Wildman–Crippen LogP) is 2.32. The molecule has 0 aliphatic heterocycles. The minimum atomic E-state index is -0.0751. The lowest BCUT2D eigenvalue weighted by Gasteiger charge is -2.10. The van der Waals surface area contributed by atoms with Crippen molar-refractivity contribution in [1.29, 1.82) is 0 Å². The van der Waals surface area contributed by atoms with Gasteiger partial charge in [0.1, 0.15) is 0 Å². The van der Waals surface area contributed by atoms with Crippen molar-refractivity contribution in [3.63, 3.8) is 0 Å². The zero-order chi connectivity index (χ0) is 19.5. The SMILES string of the molecule is CCc1nc(CSc2nnc3n(CCCOC)c(=O)c4ccccc4n23)no1. The highest BCUT2D eigenvalue weighted by molar-refractivity contribution is 7.98. The molecule has 0 aliphatic carbocycles. The topological polar surface area (TPSA) is 100 Å². The van der Waals surface area contributed by atoms with Crippen molar-refractivity contribution in [2.75, 3.05) is 13.7 Å². The number of nitrogens with zero attached hydrogens (tertiary/aromatic N) is 6. The van der Waals surface area contributed by atoms with E-state index in [1.54, 1.807) is 11.7 Å². The van der Waals surface area contributed by atoms with Gasteiger partial charge in [0, 0.05) is 26.7 Å². The van der Waals surface area contributed by atoms with Crippen LogP contribution in [0.25, 0.3) is 16.7 Å². The minimum absolute atomic E-state index is 0.0751. The Morgan fingerprint density at radius 3 is 2.89 bits per heavy atom. The number of hydrogen-bond acceptors (Lipinski definition) is 8. The first-order valence-corrected chi connectivity index (χ1v) is 10.0. The number of thioether (sulfide) groups is 1. The predicted molar refractivity (Wildman–Crippen MR) is 104 cm³/mol. The Morgan fingerprint density at radius 1 is 1.25 bits per heavy atom. The largest absolute Gasteiger partial charge is 0.385 e. The lowest BCUT2D eigenvalue weighted by atomic mass is 10.2. The highest BCUT2D eigenvalue weighted by Crippen LogP contribution is 2.24. The van der Waals surface area contributed by atoms with Crippen molar-refractivity contribution >= 4 is 28.4 Å². The van der Waals surface area contributed by atoms with Crippen LogP contribution < -0.4 is 5.56 Å². The van der Waals surface area contributed by atoms with Crippen LogP contribution in [0.1, 0.15) is 25.1 Å². The van der Waals surface area contributed by atoms with E-state index in [1.165, 1.54) is 11.8 Å². The van der Waals surface area contributed by atoms with Crippen LogP contribution in [0.15, 0.2) is 38.7 Å². The van der Waals surface area contributed by atoms with Crippen LogP contribution in [-0.4, -0.2) is 43.0 Å². The molecule has 0 saturated heterocycles. The second kappa shape index (κ2) is 8.11. The van der Waals surface area contributed by atoms with Gasteiger partial charge in [-0.1, -0.05) is 36.0 Å². The Morgan fingerprint density at radius 2 is 2.11 bits per heavy atom. The molecule has 4 aromatic rings. The second-order valence-electron chi connectivity index (χ2n) is 6.18. The van der Waals surface area contributed by atoms with Gasteiger partial charge in [-0.05, 0) is 18.6 Å². The van der Waals surface area contributed by atoms with E-state index in [0.29, 0.717) is 59.8 Å². The summed E-state index contributed by atoms with van der Waals surface area (Å²) in [6.07, 6.45) is 1.41. The monoisotopic (exact) mass is 400 g/mol. The van der Waals surface area contributed by atoms with Crippen LogP contribution in [0.4, 0.5) is 0 Å². The molecule has 0 fully saturated rings. The highest BCUT2D eigenvalue weighted by atomic mass is 32.2. The minimum Gasteiger partial charge on any atom is -0.385 e. The summed E-state index contributed by atoms with van der Waals surface area (Å²) in [5, 5.41) is 13.9. The van der Waals surface area contributed by atoms with E-state index in [2.05, 4.69) is 20.3 Å². The summed E-state index contributed by atoms with van der Waals surface area (Å²) >= 11 is 1.46. The Kier molecular flexibility index (Phi) is 5.40. The highest BCUT2D eigenvalue weighted by Gasteiger charge is 2.17. The van der Waals surface area contributed by atoms with E-state index in [4.69, 9.17) is 9.26 Å². The molecule has 28 heavy (non-hydrogen) atoms. The fourth-order valence-electron chi connectivity index (χ4n) is 3.02. The first-order valence-electron chi connectivity index (χ1n) is 9.02. The van der Waals surface area contributed by atoms with Gasteiger partial charge >= 0.3 is 0 Å². The van der Waals surface area contributed by atoms with Gasteiger partial charge in [0.15, 0.2) is 11.0 Å². The Hall–Kier alpha value is -2.72. The van der Waals surface area contributed by atoms with E-state index in [-0.39, 0.29) is 5.56 Å². The van der Waals surface area contributed by atoms with Crippen molar-refractivity contribution < 1.29 is 9.26 Å². The molecule has 9 nitrogen and oxygen atoms in total. The Labute approximate surface area is 164 Å². The fraction of sp³-hybridized carbons (Fsp3) is 0.389. The Balaban J connectivity index is 1.76. The Bertz CT molecular complexity index is 1170. The van der Waals surface area contributed by atoms with E-state index < -0.39 is 0 Å². The maximum atomic E-state index is 13.0. The van der Waals surface area contributed by atoms with Crippen LogP contribution in [0.2, 0.25) is 0 Å². The van der Waals surface area contributed by atoms with E-state index in [9.17, 15) is 4.79 Å². The van der Waals surface area contributed by atoms with E-state index >= 15 is 0 Å². The van der Waals surface area contributed by atoms with E-state index in [0.717, 1.165) is 5.52 Å². The van der Waals surface area contributed by atoms with Gasteiger partial charge in [-0.25, -0.2) is 0 Å². The summed E-state index contributed by atoms with van der Waals surface area (Å²) in [5.74, 6) is 2.24. The molecule has 1 aromatic carbocycles. The van der Waals surface area contributed by atoms with Gasteiger partial charge < -0.3 is 9.26 Å². The summed E-state index contributed by atoms with van der Waals surface area (Å²) in [6, 6.07) is 7.49. The number of aryl methyl sites for hydroxylation is 2. The van der Waals surface area contributed by atoms with E-state index in [1.807, 2.05) is 35.6 Å². The number of fused-ring (bicyclic) bond motifs is 3. The molecule has 4 rings (SSSR count). The summed E-state index contributed by atoms with van der Waals surface area (Å²) in [5.41, 5.74) is 0.703. The quantitative estimate of drug-likeness (QED) is 0.328. The summed E-state index contributed by atoms with van der Waals surface area (Å²) in [7, 11) is 1.65. The van der Waals surface area contributed by atoms with Crippen LogP contribution >= 0.6 is 11.8 Å². The second-order valence-corrected chi connectivity index (χ2v) is 7.13. The molecule has 0 saturated carbocycles. The zero-order valence-electron chi connectivity index (χ0n) is 15.7. The molecule has 146 valence electrons. The molecule has 0 bridgehead atoms. The number of methoxy groups -OCH3 is 1.